The molecular formula is C22H25NO5. The van der Waals surface area contributed by atoms with Crippen LogP contribution in [0.4, 0.5) is 5.69 Å². The first-order valence-corrected chi connectivity index (χ1v) is 9.43. The molecule has 2 aromatic rings. The zero-order chi connectivity index (χ0) is 19.7. The van der Waals surface area contributed by atoms with Crippen molar-refractivity contribution in [1.29, 1.82) is 0 Å². The maximum absolute atomic E-state index is 12.9. The van der Waals surface area contributed by atoms with Crippen molar-refractivity contribution in [1.82, 2.24) is 0 Å². The van der Waals surface area contributed by atoms with Crippen LogP contribution in [0.15, 0.2) is 54.6 Å². The Kier molecular flexibility index (Phi) is 5.10. The van der Waals surface area contributed by atoms with Gasteiger partial charge in [0.1, 0.15) is 17.9 Å². The second-order valence-electron chi connectivity index (χ2n) is 7.48. The Labute approximate surface area is 165 Å². The molecule has 6 heteroatoms. The summed E-state index contributed by atoms with van der Waals surface area (Å²) in [5.74, 6) is 0.00455. The van der Waals surface area contributed by atoms with Gasteiger partial charge in [0.2, 0.25) is 0 Å². The topological polar surface area (TPSA) is 57.2 Å². The van der Waals surface area contributed by atoms with Crippen molar-refractivity contribution in [3.8, 4) is 5.75 Å². The van der Waals surface area contributed by atoms with Gasteiger partial charge < -0.3 is 23.8 Å². The van der Waals surface area contributed by atoms with Gasteiger partial charge in [0, 0.05) is 5.69 Å². The Morgan fingerprint density at radius 3 is 2.43 bits per heavy atom. The van der Waals surface area contributed by atoms with E-state index >= 15 is 0 Å². The first kappa shape index (κ1) is 18.9. The smallest absolute Gasteiger partial charge is 0.258 e. The molecule has 6 nitrogen and oxygen atoms in total. The van der Waals surface area contributed by atoms with Crippen molar-refractivity contribution in [3.05, 3.63) is 60.2 Å². The summed E-state index contributed by atoms with van der Waals surface area (Å²) >= 11 is 0. The average Bonchev–Trinajstić information content (AvgIpc) is 3.06. The molecule has 1 amide bonds. The van der Waals surface area contributed by atoms with E-state index in [4.69, 9.17) is 18.9 Å². The van der Waals surface area contributed by atoms with Crippen LogP contribution < -0.4 is 9.64 Å². The van der Waals surface area contributed by atoms with Gasteiger partial charge in [-0.2, -0.15) is 0 Å². The lowest BCUT2D eigenvalue weighted by Crippen LogP contribution is -2.70. The molecule has 0 unspecified atom stereocenters. The van der Waals surface area contributed by atoms with E-state index in [2.05, 4.69) is 0 Å². The Morgan fingerprint density at radius 2 is 1.82 bits per heavy atom. The molecule has 0 bridgehead atoms. The number of hydrogen-bond donors (Lipinski definition) is 0. The number of carbonyl (C=O) groups is 1. The van der Waals surface area contributed by atoms with E-state index in [1.807, 2.05) is 68.4 Å². The molecule has 148 valence electrons. The van der Waals surface area contributed by atoms with Crippen LogP contribution in [0.3, 0.4) is 0 Å². The van der Waals surface area contributed by atoms with Crippen molar-refractivity contribution in [2.45, 2.75) is 44.5 Å². The molecular weight excluding hydrogens is 358 g/mol. The molecule has 2 aliphatic heterocycles. The van der Waals surface area contributed by atoms with Crippen molar-refractivity contribution in [2.75, 3.05) is 18.6 Å². The fourth-order valence-electron chi connectivity index (χ4n) is 3.70. The minimum atomic E-state index is -0.668. The van der Waals surface area contributed by atoms with Gasteiger partial charge in [0.25, 0.3) is 5.91 Å². The molecule has 4 rings (SSSR count). The van der Waals surface area contributed by atoms with Gasteiger partial charge in [-0.15, -0.1) is 0 Å². The zero-order valence-electron chi connectivity index (χ0n) is 16.3. The summed E-state index contributed by atoms with van der Waals surface area (Å²) in [6, 6.07) is 17.0. The predicted octanol–water partition coefficient (Wildman–Crippen LogP) is 3.15. The summed E-state index contributed by atoms with van der Waals surface area (Å²) in [6.45, 7) is 4.56. The fraction of sp³-hybridized carbons (Fsp3) is 0.409. The number of ether oxygens (including phenoxy) is 4. The molecule has 0 aliphatic carbocycles. The Balaban J connectivity index is 1.54. The summed E-state index contributed by atoms with van der Waals surface area (Å²) in [5.41, 5.74) is 1.82. The fourth-order valence-corrected chi connectivity index (χ4v) is 3.70. The average molecular weight is 383 g/mol. The predicted molar refractivity (Wildman–Crippen MR) is 104 cm³/mol. The maximum Gasteiger partial charge on any atom is 0.258 e. The molecule has 28 heavy (non-hydrogen) atoms. The van der Waals surface area contributed by atoms with E-state index < -0.39 is 11.9 Å². The molecule has 2 aromatic carbocycles. The highest BCUT2D eigenvalue weighted by Crippen LogP contribution is 2.38. The highest BCUT2D eigenvalue weighted by molar-refractivity contribution is 6.05. The maximum atomic E-state index is 12.9. The van der Waals surface area contributed by atoms with Crippen LogP contribution in [0.5, 0.6) is 5.75 Å². The molecule has 0 saturated carbocycles. The van der Waals surface area contributed by atoms with Gasteiger partial charge >= 0.3 is 0 Å². The molecule has 2 heterocycles. The molecule has 0 radical (unpaired) electrons. The van der Waals surface area contributed by atoms with Crippen molar-refractivity contribution in [3.63, 3.8) is 0 Å². The molecule has 0 N–H and O–H groups in total. The Morgan fingerprint density at radius 1 is 1.11 bits per heavy atom. The van der Waals surface area contributed by atoms with Crippen LogP contribution >= 0.6 is 0 Å². The van der Waals surface area contributed by atoms with E-state index in [1.165, 1.54) is 0 Å². The Hall–Kier alpha value is -2.41. The number of amides is 1. The lowest BCUT2D eigenvalue weighted by molar-refractivity contribution is -0.164. The lowest BCUT2D eigenvalue weighted by atomic mass is 9.91. The Bertz CT molecular complexity index is 821. The summed E-state index contributed by atoms with van der Waals surface area (Å²) in [4.78, 5) is 14.7. The minimum Gasteiger partial charge on any atom is -0.497 e. The molecule has 0 aromatic heterocycles. The number of rotatable bonds is 6. The second-order valence-corrected chi connectivity index (χ2v) is 7.48. The first-order chi connectivity index (χ1) is 13.5. The van der Waals surface area contributed by atoms with Gasteiger partial charge in [0.15, 0.2) is 11.9 Å². The van der Waals surface area contributed by atoms with Gasteiger partial charge in [0.05, 0.1) is 20.3 Å². The SMILES string of the molecule is COc1ccc(N2C(=O)[C@@H](OCc3ccccc3)[C@H]2[C@@H]2COC(C)(C)O2)cc1. The number of carbonyl (C=O) groups excluding carboxylic acids is 1. The number of β-lactam (4-membered cyclic amide) rings is 1. The van der Waals surface area contributed by atoms with E-state index in [0.717, 1.165) is 17.0 Å². The largest absolute Gasteiger partial charge is 0.497 e. The number of benzene rings is 2. The van der Waals surface area contributed by atoms with Crippen LogP contribution in [-0.2, 0) is 25.6 Å². The standard InChI is InChI=1S/C22H25NO5/c1-22(2)27-14-18(28-22)19-20(26-13-15-7-5-4-6-8-15)21(24)23(19)16-9-11-17(25-3)12-10-16/h4-12,18-20H,13-14H2,1-3H3/t18-,19+,20-/m0/s1. The highest BCUT2D eigenvalue weighted by Gasteiger charge is 2.56. The van der Waals surface area contributed by atoms with Crippen molar-refractivity contribution >= 4 is 11.6 Å². The molecule has 0 spiro atoms. The van der Waals surface area contributed by atoms with Crippen LogP contribution in [0.25, 0.3) is 0 Å². The summed E-state index contributed by atoms with van der Waals surface area (Å²) in [6.07, 6.45) is -0.819. The van der Waals surface area contributed by atoms with E-state index in [0.29, 0.717) is 13.2 Å². The molecule has 3 atom stereocenters. The monoisotopic (exact) mass is 383 g/mol. The van der Waals surface area contributed by atoms with E-state index in [-0.39, 0.29) is 18.1 Å². The van der Waals surface area contributed by atoms with Crippen LogP contribution in [0, 0.1) is 0 Å². The van der Waals surface area contributed by atoms with Gasteiger partial charge in [-0.25, -0.2) is 0 Å². The van der Waals surface area contributed by atoms with E-state index in [9.17, 15) is 4.79 Å². The van der Waals surface area contributed by atoms with Gasteiger partial charge in [-0.3, -0.25) is 4.79 Å². The molecule has 2 saturated heterocycles. The number of methoxy groups -OCH3 is 1. The number of anilines is 1. The van der Waals surface area contributed by atoms with Crippen molar-refractivity contribution < 1.29 is 23.7 Å². The van der Waals surface area contributed by atoms with Crippen molar-refractivity contribution in [2.24, 2.45) is 0 Å². The quantitative estimate of drug-likeness (QED) is 0.718. The van der Waals surface area contributed by atoms with E-state index in [1.54, 1.807) is 12.0 Å². The minimum absolute atomic E-state index is 0.0700. The third-order valence-corrected chi connectivity index (χ3v) is 5.12. The number of nitrogens with zero attached hydrogens (tertiary/aromatic N) is 1. The number of hydrogen-bond acceptors (Lipinski definition) is 5. The second kappa shape index (κ2) is 7.54. The first-order valence-electron chi connectivity index (χ1n) is 9.43. The summed E-state index contributed by atoms with van der Waals surface area (Å²) in [5, 5.41) is 0. The highest BCUT2D eigenvalue weighted by atomic mass is 16.7. The van der Waals surface area contributed by atoms with Crippen LogP contribution in [-0.4, -0.2) is 43.7 Å². The van der Waals surface area contributed by atoms with Crippen LogP contribution in [0.1, 0.15) is 19.4 Å². The van der Waals surface area contributed by atoms with Crippen LogP contribution in [0.2, 0.25) is 0 Å². The van der Waals surface area contributed by atoms with Gasteiger partial charge in [-0.1, -0.05) is 30.3 Å². The van der Waals surface area contributed by atoms with Gasteiger partial charge in [-0.05, 0) is 43.7 Å². The zero-order valence-corrected chi connectivity index (χ0v) is 16.3. The third kappa shape index (κ3) is 3.63. The molecule has 2 aliphatic rings. The third-order valence-electron chi connectivity index (χ3n) is 5.12. The summed E-state index contributed by atoms with van der Waals surface area (Å²) in [7, 11) is 1.62. The normalized spacial score (nSPS) is 26.2. The lowest BCUT2D eigenvalue weighted by Gasteiger charge is -2.48. The summed E-state index contributed by atoms with van der Waals surface area (Å²) < 4.78 is 23.0. The molecule has 2 fully saturated rings.